The molecule has 0 amide bonds. The summed E-state index contributed by atoms with van der Waals surface area (Å²) in [6.45, 7) is 9.66. The van der Waals surface area contributed by atoms with Crippen LogP contribution in [0.2, 0.25) is 0 Å². The molecule has 3 heterocycles. The number of pyridine rings is 1. The van der Waals surface area contributed by atoms with Crippen molar-refractivity contribution in [3.8, 4) is 0 Å². The zero-order valence-electron chi connectivity index (χ0n) is 12.7. The Morgan fingerprint density at radius 2 is 2.15 bits per heavy atom. The van der Waals surface area contributed by atoms with Crippen molar-refractivity contribution in [1.29, 1.82) is 0 Å². The highest BCUT2D eigenvalue weighted by molar-refractivity contribution is 5.44. The Morgan fingerprint density at radius 1 is 1.30 bits per heavy atom. The van der Waals surface area contributed by atoms with Crippen molar-refractivity contribution in [2.45, 2.75) is 45.2 Å². The molecule has 0 aliphatic carbocycles. The van der Waals surface area contributed by atoms with Crippen molar-refractivity contribution in [3.05, 3.63) is 23.4 Å². The van der Waals surface area contributed by atoms with Gasteiger partial charge >= 0.3 is 0 Å². The van der Waals surface area contributed by atoms with Gasteiger partial charge in [0, 0.05) is 37.9 Å². The lowest BCUT2D eigenvalue weighted by atomic mass is 10.1. The predicted molar refractivity (Wildman–Crippen MR) is 83.0 cm³/mol. The van der Waals surface area contributed by atoms with Crippen LogP contribution in [-0.4, -0.2) is 42.1 Å². The standard InChI is InChI=1S/C16H26N4/c1-12(2)15-8-13(10-17)9-16(18-15)20-7-6-19-5-3-4-14(19)11-20/h8-9,12,14H,3-7,10-11,17H2,1-2H3. The second kappa shape index (κ2) is 5.70. The molecular weight excluding hydrogens is 248 g/mol. The first-order valence-electron chi connectivity index (χ1n) is 7.87. The summed E-state index contributed by atoms with van der Waals surface area (Å²) in [6, 6.07) is 5.06. The van der Waals surface area contributed by atoms with E-state index >= 15 is 0 Å². The van der Waals surface area contributed by atoms with Crippen LogP contribution in [0.4, 0.5) is 5.82 Å². The third-order valence-electron chi connectivity index (χ3n) is 4.63. The molecule has 4 heteroatoms. The monoisotopic (exact) mass is 274 g/mol. The lowest BCUT2D eigenvalue weighted by Gasteiger charge is -2.38. The Balaban J connectivity index is 1.83. The van der Waals surface area contributed by atoms with Crippen LogP contribution >= 0.6 is 0 Å². The Kier molecular flexibility index (Phi) is 3.94. The van der Waals surface area contributed by atoms with Crippen molar-refractivity contribution >= 4 is 5.82 Å². The van der Waals surface area contributed by atoms with E-state index in [2.05, 4.69) is 35.8 Å². The molecule has 110 valence electrons. The molecule has 20 heavy (non-hydrogen) atoms. The van der Waals surface area contributed by atoms with Gasteiger partial charge in [0.2, 0.25) is 0 Å². The highest BCUT2D eigenvalue weighted by atomic mass is 15.3. The molecule has 2 saturated heterocycles. The minimum absolute atomic E-state index is 0.452. The van der Waals surface area contributed by atoms with Crippen LogP contribution in [-0.2, 0) is 6.54 Å². The number of hydrogen-bond donors (Lipinski definition) is 1. The topological polar surface area (TPSA) is 45.4 Å². The predicted octanol–water partition coefficient (Wildman–Crippen LogP) is 1.95. The SMILES string of the molecule is CC(C)c1cc(CN)cc(N2CCN3CCCC3C2)n1. The van der Waals surface area contributed by atoms with Crippen molar-refractivity contribution in [2.24, 2.45) is 5.73 Å². The van der Waals surface area contributed by atoms with Crippen molar-refractivity contribution in [3.63, 3.8) is 0 Å². The Morgan fingerprint density at radius 3 is 2.90 bits per heavy atom. The molecule has 0 radical (unpaired) electrons. The molecule has 2 fully saturated rings. The van der Waals surface area contributed by atoms with Gasteiger partial charge in [0.15, 0.2) is 0 Å². The maximum atomic E-state index is 5.85. The van der Waals surface area contributed by atoms with Crippen LogP contribution < -0.4 is 10.6 Å². The van der Waals surface area contributed by atoms with E-state index in [0.717, 1.165) is 30.6 Å². The number of fused-ring (bicyclic) bond motifs is 1. The number of anilines is 1. The highest BCUT2D eigenvalue weighted by Crippen LogP contribution is 2.26. The van der Waals surface area contributed by atoms with Crippen LogP contribution in [0.3, 0.4) is 0 Å². The molecule has 2 N–H and O–H groups in total. The van der Waals surface area contributed by atoms with Crippen molar-refractivity contribution in [2.75, 3.05) is 31.1 Å². The lowest BCUT2D eigenvalue weighted by molar-refractivity contribution is 0.230. The average molecular weight is 274 g/mol. The number of rotatable bonds is 3. The molecule has 0 spiro atoms. The van der Waals surface area contributed by atoms with Gasteiger partial charge in [-0.05, 0) is 43.0 Å². The van der Waals surface area contributed by atoms with E-state index in [4.69, 9.17) is 10.7 Å². The first kappa shape index (κ1) is 13.8. The fourth-order valence-corrected chi connectivity index (χ4v) is 3.37. The highest BCUT2D eigenvalue weighted by Gasteiger charge is 2.31. The normalized spacial score (nSPS) is 23.4. The van der Waals surface area contributed by atoms with E-state index in [0.29, 0.717) is 12.5 Å². The molecule has 1 unspecified atom stereocenters. The molecule has 1 aromatic heterocycles. The Hall–Kier alpha value is -1.13. The third kappa shape index (κ3) is 2.67. The summed E-state index contributed by atoms with van der Waals surface area (Å²) in [5.41, 5.74) is 8.21. The molecule has 0 saturated carbocycles. The van der Waals surface area contributed by atoms with E-state index in [1.165, 1.54) is 31.5 Å². The molecular formula is C16H26N4. The number of aromatic nitrogens is 1. The molecule has 0 bridgehead atoms. The van der Waals surface area contributed by atoms with E-state index in [-0.39, 0.29) is 0 Å². The lowest BCUT2D eigenvalue weighted by Crippen LogP contribution is -2.50. The van der Waals surface area contributed by atoms with Crippen LogP contribution in [0.1, 0.15) is 43.9 Å². The van der Waals surface area contributed by atoms with Crippen LogP contribution in [0, 0.1) is 0 Å². The summed E-state index contributed by atoms with van der Waals surface area (Å²) >= 11 is 0. The van der Waals surface area contributed by atoms with Crippen LogP contribution in [0.15, 0.2) is 12.1 Å². The maximum absolute atomic E-state index is 5.85. The van der Waals surface area contributed by atoms with E-state index in [1.54, 1.807) is 0 Å². The molecule has 3 rings (SSSR count). The van der Waals surface area contributed by atoms with Gasteiger partial charge in [0.05, 0.1) is 0 Å². The summed E-state index contributed by atoms with van der Waals surface area (Å²) in [7, 11) is 0. The zero-order chi connectivity index (χ0) is 14.1. The van der Waals surface area contributed by atoms with Gasteiger partial charge in [0.1, 0.15) is 5.82 Å². The van der Waals surface area contributed by atoms with Crippen molar-refractivity contribution in [1.82, 2.24) is 9.88 Å². The molecule has 4 nitrogen and oxygen atoms in total. The second-order valence-corrected chi connectivity index (χ2v) is 6.40. The van der Waals surface area contributed by atoms with E-state index in [9.17, 15) is 0 Å². The van der Waals surface area contributed by atoms with Gasteiger partial charge in [-0.15, -0.1) is 0 Å². The number of hydrogen-bond acceptors (Lipinski definition) is 4. The average Bonchev–Trinajstić information content (AvgIpc) is 2.94. The van der Waals surface area contributed by atoms with E-state index in [1.807, 2.05) is 0 Å². The largest absolute Gasteiger partial charge is 0.354 e. The molecule has 1 aromatic rings. The van der Waals surface area contributed by atoms with Gasteiger partial charge in [-0.2, -0.15) is 0 Å². The van der Waals surface area contributed by atoms with E-state index < -0.39 is 0 Å². The summed E-state index contributed by atoms with van der Waals surface area (Å²) < 4.78 is 0. The molecule has 2 aliphatic heterocycles. The fraction of sp³-hybridized carbons (Fsp3) is 0.688. The number of nitrogens with zero attached hydrogens (tertiary/aromatic N) is 3. The van der Waals surface area contributed by atoms with Gasteiger partial charge in [0.25, 0.3) is 0 Å². The van der Waals surface area contributed by atoms with Crippen LogP contribution in [0.5, 0.6) is 0 Å². The minimum Gasteiger partial charge on any atom is -0.354 e. The molecule has 0 aromatic carbocycles. The number of nitrogens with two attached hydrogens (primary N) is 1. The quantitative estimate of drug-likeness (QED) is 0.915. The van der Waals surface area contributed by atoms with Crippen LogP contribution in [0.25, 0.3) is 0 Å². The summed E-state index contributed by atoms with van der Waals surface area (Å²) in [4.78, 5) is 9.96. The Labute approximate surface area is 122 Å². The first-order valence-corrected chi connectivity index (χ1v) is 7.87. The van der Waals surface area contributed by atoms with Gasteiger partial charge in [-0.1, -0.05) is 13.8 Å². The third-order valence-corrected chi connectivity index (χ3v) is 4.63. The fourth-order valence-electron chi connectivity index (χ4n) is 3.37. The summed E-state index contributed by atoms with van der Waals surface area (Å²) in [6.07, 6.45) is 2.69. The second-order valence-electron chi connectivity index (χ2n) is 6.40. The van der Waals surface area contributed by atoms with Gasteiger partial charge < -0.3 is 10.6 Å². The van der Waals surface area contributed by atoms with Crippen molar-refractivity contribution < 1.29 is 0 Å². The zero-order valence-corrected chi connectivity index (χ0v) is 12.7. The minimum atomic E-state index is 0.452. The maximum Gasteiger partial charge on any atom is 0.129 e. The number of piperazine rings is 1. The molecule has 1 atom stereocenters. The molecule has 2 aliphatic rings. The summed E-state index contributed by atoms with van der Waals surface area (Å²) in [5, 5.41) is 0. The summed E-state index contributed by atoms with van der Waals surface area (Å²) in [5.74, 6) is 1.58. The van der Waals surface area contributed by atoms with Gasteiger partial charge in [-0.25, -0.2) is 4.98 Å². The first-order chi connectivity index (χ1) is 9.67. The van der Waals surface area contributed by atoms with Gasteiger partial charge in [-0.3, -0.25) is 4.90 Å². The Bertz CT molecular complexity index is 472. The smallest absolute Gasteiger partial charge is 0.129 e.